The highest BCUT2D eigenvalue weighted by Crippen LogP contribution is 2.33. The van der Waals surface area contributed by atoms with Crippen molar-refractivity contribution in [2.45, 2.75) is 103 Å². The van der Waals surface area contributed by atoms with Gasteiger partial charge in [0, 0.05) is 25.8 Å². The van der Waals surface area contributed by atoms with E-state index in [9.17, 15) is 18.1 Å². The molecule has 2 atom stereocenters. The summed E-state index contributed by atoms with van der Waals surface area (Å²) < 4.78 is 51.8. The third kappa shape index (κ3) is 24.5. The van der Waals surface area contributed by atoms with Crippen molar-refractivity contribution >= 4 is 8.38 Å². The Morgan fingerprint density at radius 1 is 0.742 bits per heavy atom. The predicted molar refractivity (Wildman–Crippen MR) is 123 cm³/mol. The molecule has 0 aromatic carbocycles. The van der Waals surface area contributed by atoms with E-state index >= 15 is 0 Å². The fourth-order valence-electron chi connectivity index (χ4n) is 3.44. The smallest absolute Gasteiger partial charge is 0.381 e. The molecular formula is C23H46F3O4P. The van der Waals surface area contributed by atoms with E-state index in [1.54, 1.807) is 0 Å². The predicted octanol–water partition coefficient (Wildman–Crippen LogP) is 7.63. The summed E-state index contributed by atoms with van der Waals surface area (Å²) in [6, 6.07) is 0. The highest BCUT2D eigenvalue weighted by Gasteiger charge is 2.28. The van der Waals surface area contributed by atoms with Crippen molar-refractivity contribution in [3.8, 4) is 0 Å². The molecule has 31 heavy (non-hydrogen) atoms. The number of unbranched alkanes of at least 4 members (excludes halogenated alkanes) is 13. The zero-order chi connectivity index (χ0) is 23.2. The van der Waals surface area contributed by atoms with Gasteiger partial charge in [-0.15, -0.1) is 0 Å². The van der Waals surface area contributed by atoms with Crippen molar-refractivity contribution in [1.82, 2.24) is 0 Å². The zero-order valence-corrected chi connectivity index (χ0v) is 20.7. The Bertz CT molecular complexity index is 373. The van der Waals surface area contributed by atoms with E-state index in [1.165, 1.54) is 84.2 Å². The first-order valence-corrected chi connectivity index (χ1v) is 13.5. The van der Waals surface area contributed by atoms with Crippen LogP contribution in [0.2, 0.25) is 0 Å². The number of halogens is 3. The van der Waals surface area contributed by atoms with Crippen LogP contribution in [0.15, 0.2) is 0 Å². The summed E-state index contributed by atoms with van der Waals surface area (Å²) in [5.41, 5.74) is 0. The lowest BCUT2D eigenvalue weighted by atomic mass is 10.0. The summed E-state index contributed by atoms with van der Waals surface area (Å²) in [6.45, 7) is 1.74. The van der Waals surface area contributed by atoms with Gasteiger partial charge in [0.15, 0.2) is 8.38 Å². The Morgan fingerprint density at radius 3 is 1.65 bits per heavy atom. The van der Waals surface area contributed by atoms with E-state index in [0.717, 1.165) is 12.8 Å². The highest BCUT2D eigenvalue weighted by atomic mass is 31.2. The van der Waals surface area contributed by atoms with Gasteiger partial charge in [-0.05, 0) is 6.42 Å². The molecule has 0 aromatic rings. The molecule has 4 nitrogen and oxygen atoms in total. The summed E-state index contributed by atoms with van der Waals surface area (Å²) in [4.78, 5) is 9.63. The van der Waals surface area contributed by atoms with Gasteiger partial charge >= 0.3 is 6.18 Å². The summed E-state index contributed by atoms with van der Waals surface area (Å²) in [5, 5.41) is 0. The standard InChI is InChI=1S/C23H46F3O4P/c1-3-4-5-6-7-8-9-10-11-12-13-14-15-16-17-29-18-22(20-31(27)28-2)19-30-21-23(24,25)26/h22,27H,3-21H2,1-2H3/t22?,31-/m1/s1. The quantitative estimate of drug-likeness (QED) is 0.122. The van der Waals surface area contributed by atoms with Crippen LogP contribution in [0.25, 0.3) is 0 Å². The summed E-state index contributed by atoms with van der Waals surface area (Å²) in [7, 11) is -0.264. The van der Waals surface area contributed by atoms with Crippen LogP contribution in [0.4, 0.5) is 13.2 Å². The van der Waals surface area contributed by atoms with Crippen LogP contribution >= 0.6 is 8.38 Å². The fourth-order valence-corrected chi connectivity index (χ4v) is 4.24. The maximum absolute atomic E-state index is 12.2. The zero-order valence-electron chi connectivity index (χ0n) is 19.8. The van der Waals surface area contributed by atoms with Crippen molar-refractivity contribution in [1.29, 1.82) is 0 Å². The molecule has 0 saturated carbocycles. The van der Waals surface area contributed by atoms with Crippen LogP contribution < -0.4 is 0 Å². The first kappa shape index (κ1) is 31.1. The maximum atomic E-state index is 12.2. The lowest BCUT2D eigenvalue weighted by Gasteiger charge is -2.19. The molecule has 0 amide bonds. The highest BCUT2D eigenvalue weighted by molar-refractivity contribution is 7.46. The Kier molecular flexibility index (Phi) is 21.9. The summed E-state index contributed by atoms with van der Waals surface area (Å²) in [6.07, 6.45) is 14.0. The molecule has 0 fully saturated rings. The first-order chi connectivity index (χ1) is 14.9. The minimum atomic E-state index is -4.34. The second kappa shape index (κ2) is 21.9. The molecule has 0 radical (unpaired) electrons. The first-order valence-electron chi connectivity index (χ1n) is 12.1. The number of ether oxygens (including phenoxy) is 2. The molecule has 0 aliphatic carbocycles. The number of hydrogen-bond donors (Lipinski definition) is 1. The Hall–Kier alpha value is 0.0600. The average Bonchev–Trinajstić information content (AvgIpc) is 2.72. The van der Waals surface area contributed by atoms with Crippen LogP contribution in [0, 0.1) is 5.92 Å². The van der Waals surface area contributed by atoms with Crippen molar-refractivity contribution in [2.75, 3.05) is 39.7 Å². The van der Waals surface area contributed by atoms with Crippen LogP contribution in [-0.4, -0.2) is 50.8 Å². The van der Waals surface area contributed by atoms with Gasteiger partial charge < -0.3 is 18.9 Å². The number of hydrogen-bond acceptors (Lipinski definition) is 4. The molecule has 0 spiro atoms. The Balaban J connectivity index is 3.55. The van der Waals surface area contributed by atoms with E-state index in [0.29, 0.717) is 6.61 Å². The second-order valence-corrected chi connectivity index (χ2v) is 9.82. The molecule has 0 rings (SSSR count). The lowest BCUT2D eigenvalue weighted by Crippen LogP contribution is -2.24. The lowest BCUT2D eigenvalue weighted by molar-refractivity contribution is -0.177. The van der Waals surface area contributed by atoms with Crippen LogP contribution in [0.3, 0.4) is 0 Å². The van der Waals surface area contributed by atoms with E-state index < -0.39 is 21.2 Å². The van der Waals surface area contributed by atoms with Crippen LogP contribution in [0.5, 0.6) is 0 Å². The minimum absolute atomic E-state index is 0.0962. The minimum Gasteiger partial charge on any atom is -0.381 e. The molecule has 0 aliphatic rings. The molecule has 0 aliphatic heterocycles. The topological polar surface area (TPSA) is 47.9 Å². The molecule has 0 saturated heterocycles. The summed E-state index contributed by atoms with van der Waals surface area (Å²) in [5.74, 6) is -0.301. The Morgan fingerprint density at radius 2 is 1.19 bits per heavy atom. The molecule has 188 valence electrons. The fraction of sp³-hybridized carbons (Fsp3) is 1.00. The van der Waals surface area contributed by atoms with Crippen molar-refractivity contribution in [3.05, 3.63) is 0 Å². The maximum Gasteiger partial charge on any atom is 0.411 e. The van der Waals surface area contributed by atoms with Gasteiger partial charge in [-0.1, -0.05) is 90.4 Å². The average molecular weight is 475 g/mol. The van der Waals surface area contributed by atoms with Gasteiger partial charge in [0.25, 0.3) is 0 Å². The van der Waals surface area contributed by atoms with Gasteiger partial charge in [0.2, 0.25) is 0 Å². The molecule has 8 heteroatoms. The SMILES string of the molecule is CCCCCCCCCCCCCCCCOCC(COCC(F)(F)F)C[P@](O)OC. The number of rotatable bonds is 23. The van der Waals surface area contributed by atoms with Gasteiger partial charge in [-0.25, -0.2) is 0 Å². The molecule has 0 heterocycles. The third-order valence-corrected chi connectivity index (χ3v) is 6.49. The van der Waals surface area contributed by atoms with E-state index in [2.05, 4.69) is 6.92 Å². The molecule has 1 N–H and O–H groups in total. The largest absolute Gasteiger partial charge is 0.411 e. The molecular weight excluding hydrogens is 428 g/mol. The van der Waals surface area contributed by atoms with Crippen LogP contribution in [0.1, 0.15) is 96.8 Å². The second-order valence-electron chi connectivity index (χ2n) is 8.38. The van der Waals surface area contributed by atoms with E-state index in [-0.39, 0.29) is 25.3 Å². The van der Waals surface area contributed by atoms with Crippen molar-refractivity contribution < 1.29 is 32.1 Å². The van der Waals surface area contributed by atoms with Crippen LogP contribution in [-0.2, 0) is 14.0 Å². The van der Waals surface area contributed by atoms with Crippen molar-refractivity contribution in [3.63, 3.8) is 0 Å². The van der Waals surface area contributed by atoms with E-state index in [4.69, 9.17) is 14.0 Å². The monoisotopic (exact) mass is 474 g/mol. The van der Waals surface area contributed by atoms with Crippen molar-refractivity contribution in [2.24, 2.45) is 5.92 Å². The Labute approximate surface area is 189 Å². The third-order valence-electron chi connectivity index (χ3n) is 5.24. The molecule has 0 aromatic heterocycles. The van der Waals surface area contributed by atoms with Gasteiger partial charge in [0.1, 0.15) is 6.61 Å². The molecule has 0 bridgehead atoms. The van der Waals surface area contributed by atoms with Gasteiger partial charge in [0.05, 0.1) is 13.2 Å². The van der Waals surface area contributed by atoms with Gasteiger partial charge in [-0.2, -0.15) is 13.2 Å². The normalized spacial score (nSPS) is 14.1. The summed E-state index contributed by atoms with van der Waals surface area (Å²) >= 11 is 0. The van der Waals surface area contributed by atoms with E-state index in [1.807, 2.05) is 0 Å². The number of alkyl halides is 3. The molecule has 1 unspecified atom stereocenters. The van der Waals surface area contributed by atoms with Gasteiger partial charge in [-0.3, -0.25) is 0 Å².